The van der Waals surface area contributed by atoms with Gasteiger partial charge >= 0.3 is 0 Å². The van der Waals surface area contributed by atoms with E-state index >= 15 is 0 Å². The summed E-state index contributed by atoms with van der Waals surface area (Å²) in [6.07, 6.45) is 0. The third kappa shape index (κ3) is 5.30. The number of benzene rings is 1. The van der Waals surface area contributed by atoms with Crippen LogP contribution in [0.15, 0.2) is 38.6 Å². The molecule has 0 fully saturated rings. The predicted octanol–water partition coefficient (Wildman–Crippen LogP) is 1.45. The molecule has 3 N–H and O–H groups in total. The number of aliphatic imine (C=N–C) groups is 1. The molecule has 0 amide bonds. The molecule has 0 atom stereocenters. The number of rotatable bonds is 7. The van der Waals surface area contributed by atoms with E-state index in [1.807, 2.05) is 20.8 Å². The van der Waals surface area contributed by atoms with Crippen molar-refractivity contribution in [1.82, 2.24) is 20.3 Å². The van der Waals surface area contributed by atoms with E-state index in [0.29, 0.717) is 24.9 Å². The van der Waals surface area contributed by atoms with E-state index < -0.39 is 10.0 Å². The number of nitrogens with one attached hydrogen (secondary N) is 3. The monoisotopic (exact) mass is 379 g/mol. The summed E-state index contributed by atoms with van der Waals surface area (Å²) in [5.41, 5.74) is 1.78. The molecule has 0 unspecified atom stereocenters. The zero-order valence-electron chi connectivity index (χ0n) is 15.5. The SMILES string of the molecule is CCNC(=NCc1ccc(S(=O)(=O)NC)cc1)NCc1nc(C)c(C)o1. The fraction of sp³-hybridized carbons (Fsp3) is 0.412. The molecule has 0 aliphatic heterocycles. The molecule has 0 radical (unpaired) electrons. The molecular weight excluding hydrogens is 354 g/mol. The summed E-state index contributed by atoms with van der Waals surface area (Å²) in [4.78, 5) is 9.06. The lowest BCUT2D eigenvalue weighted by atomic mass is 10.2. The largest absolute Gasteiger partial charge is 0.444 e. The molecule has 2 aromatic rings. The van der Waals surface area contributed by atoms with Gasteiger partial charge in [-0.05, 0) is 45.5 Å². The number of aryl methyl sites for hydroxylation is 2. The molecule has 2 rings (SSSR count). The molecule has 142 valence electrons. The topological polar surface area (TPSA) is 109 Å². The lowest BCUT2D eigenvalue weighted by Gasteiger charge is -2.10. The Balaban J connectivity index is 2.01. The lowest BCUT2D eigenvalue weighted by Crippen LogP contribution is -2.36. The average molecular weight is 379 g/mol. The average Bonchev–Trinajstić information content (AvgIpc) is 2.95. The van der Waals surface area contributed by atoms with Gasteiger partial charge in [0.2, 0.25) is 15.9 Å². The zero-order chi connectivity index (χ0) is 19.2. The Bertz CT molecular complexity index is 838. The Hall–Kier alpha value is -2.39. The van der Waals surface area contributed by atoms with Crippen molar-refractivity contribution in [3.63, 3.8) is 0 Å². The number of hydrogen-bond donors (Lipinski definition) is 3. The van der Waals surface area contributed by atoms with Crippen LogP contribution in [0.2, 0.25) is 0 Å². The van der Waals surface area contributed by atoms with Crippen molar-refractivity contribution in [3.05, 3.63) is 47.2 Å². The van der Waals surface area contributed by atoms with Crippen molar-refractivity contribution in [2.75, 3.05) is 13.6 Å². The van der Waals surface area contributed by atoms with Gasteiger partial charge in [-0.15, -0.1) is 0 Å². The van der Waals surface area contributed by atoms with Gasteiger partial charge in [0.25, 0.3) is 0 Å². The smallest absolute Gasteiger partial charge is 0.240 e. The van der Waals surface area contributed by atoms with Crippen LogP contribution in [-0.4, -0.2) is 33.0 Å². The quantitative estimate of drug-likeness (QED) is 0.496. The second-order valence-electron chi connectivity index (χ2n) is 5.65. The summed E-state index contributed by atoms with van der Waals surface area (Å²) in [5, 5.41) is 6.32. The van der Waals surface area contributed by atoms with Crippen LogP contribution in [0.5, 0.6) is 0 Å². The molecule has 0 spiro atoms. The first kappa shape index (κ1) is 19.9. The fourth-order valence-corrected chi connectivity index (χ4v) is 2.91. The summed E-state index contributed by atoms with van der Waals surface area (Å²) in [5.74, 6) is 2.04. The normalized spacial score (nSPS) is 12.2. The number of oxazole rings is 1. The van der Waals surface area contributed by atoms with Gasteiger partial charge in [-0.1, -0.05) is 12.1 Å². The highest BCUT2D eigenvalue weighted by molar-refractivity contribution is 7.89. The Labute approximate surface area is 154 Å². The van der Waals surface area contributed by atoms with Crippen LogP contribution in [0.4, 0.5) is 0 Å². The minimum atomic E-state index is -3.42. The highest BCUT2D eigenvalue weighted by Gasteiger charge is 2.10. The van der Waals surface area contributed by atoms with Gasteiger partial charge in [-0.3, -0.25) is 0 Å². The van der Waals surface area contributed by atoms with Gasteiger partial charge in [-0.2, -0.15) is 0 Å². The maximum atomic E-state index is 11.7. The van der Waals surface area contributed by atoms with Crippen molar-refractivity contribution in [3.8, 4) is 0 Å². The van der Waals surface area contributed by atoms with E-state index in [-0.39, 0.29) is 4.90 Å². The van der Waals surface area contributed by atoms with Crippen LogP contribution in [0, 0.1) is 13.8 Å². The Morgan fingerprint density at radius 1 is 1.19 bits per heavy atom. The Morgan fingerprint density at radius 2 is 1.88 bits per heavy atom. The summed E-state index contributed by atoms with van der Waals surface area (Å²) < 4.78 is 31.3. The second-order valence-corrected chi connectivity index (χ2v) is 7.54. The predicted molar refractivity (Wildman–Crippen MR) is 100 cm³/mol. The van der Waals surface area contributed by atoms with E-state index in [1.54, 1.807) is 24.3 Å². The van der Waals surface area contributed by atoms with Gasteiger partial charge in [0.15, 0.2) is 5.96 Å². The van der Waals surface area contributed by atoms with E-state index in [1.165, 1.54) is 7.05 Å². The molecule has 8 nitrogen and oxygen atoms in total. The van der Waals surface area contributed by atoms with Crippen molar-refractivity contribution in [2.45, 2.75) is 38.8 Å². The highest BCUT2D eigenvalue weighted by atomic mass is 32.2. The van der Waals surface area contributed by atoms with E-state index in [0.717, 1.165) is 23.6 Å². The van der Waals surface area contributed by atoms with Crippen LogP contribution in [0.1, 0.15) is 29.8 Å². The first-order valence-electron chi connectivity index (χ1n) is 8.33. The van der Waals surface area contributed by atoms with E-state index in [4.69, 9.17) is 4.42 Å². The fourth-order valence-electron chi connectivity index (χ4n) is 2.18. The molecule has 0 bridgehead atoms. The maximum Gasteiger partial charge on any atom is 0.240 e. The molecular formula is C17H25N5O3S. The first-order chi connectivity index (χ1) is 12.4. The minimum Gasteiger partial charge on any atom is -0.444 e. The molecule has 1 heterocycles. The van der Waals surface area contributed by atoms with Gasteiger partial charge in [0, 0.05) is 6.54 Å². The zero-order valence-corrected chi connectivity index (χ0v) is 16.3. The summed E-state index contributed by atoms with van der Waals surface area (Å²) >= 11 is 0. The van der Waals surface area contributed by atoms with Gasteiger partial charge in [-0.25, -0.2) is 23.1 Å². The number of nitrogens with zero attached hydrogens (tertiary/aromatic N) is 2. The first-order valence-corrected chi connectivity index (χ1v) is 9.81. The Kier molecular flexibility index (Phi) is 6.76. The van der Waals surface area contributed by atoms with Crippen LogP contribution >= 0.6 is 0 Å². The molecule has 9 heteroatoms. The van der Waals surface area contributed by atoms with Crippen LogP contribution in [0.3, 0.4) is 0 Å². The summed E-state index contributed by atoms with van der Waals surface area (Å²) in [6, 6.07) is 6.63. The number of guanidine groups is 1. The second kappa shape index (κ2) is 8.81. The number of sulfonamides is 1. The molecule has 0 aliphatic carbocycles. The molecule has 0 saturated heterocycles. The van der Waals surface area contributed by atoms with E-state index in [2.05, 4.69) is 25.3 Å². The summed E-state index contributed by atoms with van der Waals surface area (Å²) in [7, 11) is -2.04. The van der Waals surface area contributed by atoms with Gasteiger partial charge in [0.1, 0.15) is 5.76 Å². The number of hydrogen-bond acceptors (Lipinski definition) is 5. The van der Waals surface area contributed by atoms with Crippen molar-refractivity contribution in [1.29, 1.82) is 0 Å². The van der Waals surface area contributed by atoms with Gasteiger partial charge < -0.3 is 15.1 Å². The van der Waals surface area contributed by atoms with Crippen LogP contribution in [0.25, 0.3) is 0 Å². The van der Waals surface area contributed by atoms with E-state index in [9.17, 15) is 8.42 Å². The molecule has 0 aliphatic rings. The minimum absolute atomic E-state index is 0.229. The molecule has 0 saturated carbocycles. The van der Waals surface area contributed by atoms with Crippen molar-refractivity contribution >= 4 is 16.0 Å². The molecule has 1 aromatic carbocycles. The maximum absolute atomic E-state index is 11.7. The molecule has 1 aromatic heterocycles. The Morgan fingerprint density at radius 3 is 2.42 bits per heavy atom. The van der Waals surface area contributed by atoms with Crippen molar-refractivity contribution < 1.29 is 12.8 Å². The number of aromatic nitrogens is 1. The molecule has 26 heavy (non-hydrogen) atoms. The standard InChI is InChI=1S/C17H25N5O3S/c1-5-19-17(21-11-16-22-12(2)13(3)25-16)20-10-14-6-8-15(9-7-14)26(23,24)18-4/h6-9,18H,5,10-11H2,1-4H3,(H2,19,20,21). The lowest BCUT2D eigenvalue weighted by molar-refractivity contribution is 0.463. The van der Waals surface area contributed by atoms with Crippen molar-refractivity contribution in [2.24, 2.45) is 4.99 Å². The van der Waals surface area contributed by atoms with Gasteiger partial charge in [0.05, 0.1) is 23.7 Å². The van der Waals surface area contributed by atoms with Crippen LogP contribution < -0.4 is 15.4 Å². The summed E-state index contributed by atoms with van der Waals surface area (Å²) in [6.45, 7) is 7.32. The highest BCUT2D eigenvalue weighted by Crippen LogP contribution is 2.11. The third-order valence-electron chi connectivity index (χ3n) is 3.75. The van der Waals surface area contributed by atoms with Crippen LogP contribution in [-0.2, 0) is 23.1 Å². The third-order valence-corrected chi connectivity index (χ3v) is 5.18.